The first-order valence-corrected chi connectivity index (χ1v) is 9.18. The van der Waals surface area contributed by atoms with Gasteiger partial charge in [-0.1, -0.05) is 20.8 Å². The summed E-state index contributed by atoms with van der Waals surface area (Å²) in [6.45, 7) is 11.2. The van der Waals surface area contributed by atoms with Crippen LogP contribution in [0.25, 0.3) is 0 Å². The van der Waals surface area contributed by atoms with Crippen LogP contribution in [0.4, 0.5) is 0 Å². The minimum Gasteiger partial charge on any atom is -0.301 e. The van der Waals surface area contributed by atoms with E-state index in [4.69, 9.17) is 0 Å². The van der Waals surface area contributed by atoms with Gasteiger partial charge in [0, 0.05) is 37.0 Å². The second-order valence-corrected chi connectivity index (χ2v) is 8.07. The third kappa shape index (κ3) is 4.78. The maximum atomic E-state index is 12.4. The van der Waals surface area contributed by atoms with Crippen LogP contribution in [0.3, 0.4) is 0 Å². The first-order valence-electron chi connectivity index (χ1n) is 9.18. The summed E-state index contributed by atoms with van der Waals surface area (Å²) in [6.07, 6.45) is 7.82. The van der Waals surface area contributed by atoms with Gasteiger partial charge in [-0.15, -0.1) is 0 Å². The molecule has 25 heavy (non-hydrogen) atoms. The maximum Gasteiger partial charge on any atom is 0.253 e. The molecule has 1 fully saturated rings. The van der Waals surface area contributed by atoms with E-state index in [1.165, 1.54) is 0 Å². The molecule has 3 heterocycles. The van der Waals surface area contributed by atoms with Gasteiger partial charge in [-0.25, -0.2) is 4.98 Å². The Bertz CT molecular complexity index is 721. The van der Waals surface area contributed by atoms with E-state index in [-0.39, 0.29) is 11.0 Å². The predicted molar refractivity (Wildman–Crippen MR) is 98.6 cm³/mol. The lowest BCUT2D eigenvalue weighted by Crippen LogP contribution is -2.38. The summed E-state index contributed by atoms with van der Waals surface area (Å²) < 4.78 is 3.76. The fraction of sp³-hybridized carbons (Fsp3) is 0.632. The zero-order chi connectivity index (χ0) is 17.9. The van der Waals surface area contributed by atoms with E-state index in [1.54, 1.807) is 17.0 Å². The summed E-state index contributed by atoms with van der Waals surface area (Å²) in [5.74, 6) is 0.556. The van der Waals surface area contributed by atoms with Crippen molar-refractivity contribution >= 4 is 0 Å². The Labute approximate surface area is 149 Å². The first kappa shape index (κ1) is 17.9. The number of nitrogens with zero attached hydrogens (tertiary/aromatic N) is 5. The number of hydrogen-bond donors (Lipinski definition) is 0. The molecule has 0 bridgehead atoms. The summed E-state index contributed by atoms with van der Waals surface area (Å²) >= 11 is 0. The highest BCUT2D eigenvalue weighted by atomic mass is 16.1. The quantitative estimate of drug-likeness (QED) is 0.835. The lowest BCUT2D eigenvalue weighted by molar-refractivity contribution is 0.166. The SMILES string of the molecule is CC(C)(C)c1cc(=O)n(CC2CCN(CCn3cccn3)CC2)cn1. The molecular formula is C19H29N5O. The number of hydrogen-bond acceptors (Lipinski definition) is 4. The van der Waals surface area contributed by atoms with Crippen LogP contribution in [-0.4, -0.2) is 43.9 Å². The van der Waals surface area contributed by atoms with Gasteiger partial charge in [0.05, 0.1) is 18.6 Å². The van der Waals surface area contributed by atoms with E-state index in [9.17, 15) is 4.79 Å². The Morgan fingerprint density at radius 3 is 2.56 bits per heavy atom. The molecule has 6 nitrogen and oxygen atoms in total. The number of piperidine rings is 1. The van der Waals surface area contributed by atoms with E-state index < -0.39 is 0 Å². The second kappa shape index (κ2) is 7.52. The highest BCUT2D eigenvalue weighted by Gasteiger charge is 2.21. The lowest BCUT2D eigenvalue weighted by atomic mass is 9.92. The fourth-order valence-electron chi connectivity index (χ4n) is 3.32. The molecule has 0 radical (unpaired) electrons. The van der Waals surface area contributed by atoms with Crippen molar-refractivity contribution in [2.45, 2.75) is 52.1 Å². The Morgan fingerprint density at radius 2 is 1.96 bits per heavy atom. The molecule has 0 aromatic carbocycles. The lowest BCUT2D eigenvalue weighted by Gasteiger charge is -2.32. The van der Waals surface area contributed by atoms with E-state index in [2.05, 4.69) is 35.8 Å². The van der Waals surface area contributed by atoms with E-state index in [1.807, 2.05) is 23.1 Å². The molecule has 1 saturated heterocycles. The van der Waals surface area contributed by atoms with Gasteiger partial charge in [-0.05, 0) is 37.9 Å². The zero-order valence-corrected chi connectivity index (χ0v) is 15.6. The van der Waals surface area contributed by atoms with Crippen LogP contribution in [0, 0.1) is 5.92 Å². The summed E-state index contributed by atoms with van der Waals surface area (Å²) in [5.41, 5.74) is 0.848. The minimum absolute atomic E-state index is 0.0704. The van der Waals surface area contributed by atoms with Gasteiger partial charge in [0.2, 0.25) is 0 Å². The van der Waals surface area contributed by atoms with Gasteiger partial charge in [0.15, 0.2) is 0 Å². The van der Waals surface area contributed by atoms with Crippen molar-refractivity contribution in [1.29, 1.82) is 0 Å². The largest absolute Gasteiger partial charge is 0.301 e. The highest BCUT2D eigenvalue weighted by molar-refractivity contribution is 5.10. The molecule has 0 atom stereocenters. The molecule has 136 valence electrons. The van der Waals surface area contributed by atoms with Gasteiger partial charge in [0.1, 0.15) is 0 Å². The van der Waals surface area contributed by atoms with Gasteiger partial charge >= 0.3 is 0 Å². The first-order chi connectivity index (χ1) is 11.9. The Morgan fingerprint density at radius 1 is 1.20 bits per heavy atom. The summed E-state index contributed by atoms with van der Waals surface area (Å²) in [5, 5.41) is 4.25. The molecule has 1 aliphatic rings. The molecule has 2 aromatic heterocycles. The monoisotopic (exact) mass is 343 g/mol. The van der Waals surface area contributed by atoms with Crippen LogP contribution < -0.4 is 5.56 Å². The van der Waals surface area contributed by atoms with Gasteiger partial charge < -0.3 is 4.90 Å². The van der Waals surface area contributed by atoms with Gasteiger partial charge in [-0.3, -0.25) is 14.0 Å². The Kier molecular flexibility index (Phi) is 5.37. The number of likely N-dealkylation sites (tertiary alicyclic amines) is 1. The fourth-order valence-corrected chi connectivity index (χ4v) is 3.32. The van der Waals surface area contributed by atoms with Gasteiger partial charge in [-0.2, -0.15) is 5.10 Å². The van der Waals surface area contributed by atoms with Crippen LogP contribution in [0.1, 0.15) is 39.3 Å². The zero-order valence-electron chi connectivity index (χ0n) is 15.6. The van der Waals surface area contributed by atoms with Crippen LogP contribution in [0.2, 0.25) is 0 Å². The predicted octanol–water partition coefficient (Wildman–Crippen LogP) is 2.15. The molecule has 1 aliphatic heterocycles. The van der Waals surface area contributed by atoms with Crippen molar-refractivity contribution in [1.82, 2.24) is 24.2 Å². The average Bonchev–Trinajstić information content (AvgIpc) is 3.08. The normalized spacial score (nSPS) is 17.1. The molecule has 0 saturated carbocycles. The highest BCUT2D eigenvalue weighted by Crippen LogP contribution is 2.20. The Balaban J connectivity index is 1.49. The molecule has 6 heteroatoms. The molecule has 2 aromatic rings. The van der Waals surface area contributed by atoms with Crippen molar-refractivity contribution < 1.29 is 0 Å². The van der Waals surface area contributed by atoms with Crippen molar-refractivity contribution in [3.63, 3.8) is 0 Å². The third-order valence-corrected chi connectivity index (χ3v) is 5.01. The summed E-state index contributed by atoms with van der Waals surface area (Å²) in [4.78, 5) is 19.3. The smallest absolute Gasteiger partial charge is 0.253 e. The molecule has 0 N–H and O–H groups in total. The number of aromatic nitrogens is 4. The van der Waals surface area contributed by atoms with Gasteiger partial charge in [0.25, 0.3) is 5.56 Å². The van der Waals surface area contributed by atoms with Crippen molar-refractivity contribution in [3.05, 3.63) is 46.9 Å². The molecular weight excluding hydrogens is 314 g/mol. The third-order valence-electron chi connectivity index (χ3n) is 5.01. The molecule has 0 aliphatic carbocycles. The topological polar surface area (TPSA) is 56.0 Å². The Hall–Kier alpha value is -1.95. The van der Waals surface area contributed by atoms with Crippen molar-refractivity contribution in [3.8, 4) is 0 Å². The van der Waals surface area contributed by atoms with Crippen LogP contribution >= 0.6 is 0 Å². The number of rotatable bonds is 5. The summed E-state index contributed by atoms with van der Waals surface area (Å²) in [6, 6.07) is 3.65. The standard InChI is InChI=1S/C19H29N5O/c1-19(2,3)17-13-18(25)23(15-20-17)14-16-5-9-22(10-6-16)11-12-24-8-4-7-21-24/h4,7-8,13,15-16H,5-6,9-12,14H2,1-3H3. The molecule has 0 unspecified atom stereocenters. The van der Waals surface area contributed by atoms with Crippen LogP contribution in [-0.2, 0) is 18.5 Å². The average molecular weight is 343 g/mol. The van der Waals surface area contributed by atoms with E-state index >= 15 is 0 Å². The summed E-state index contributed by atoms with van der Waals surface area (Å²) in [7, 11) is 0. The van der Waals surface area contributed by atoms with Crippen LogP contribution in [0.15, 0.2) is 35.6 Å². The second-order valence-electron chi connectivity index (χ2n) is 8.07. The van der Waals surface area contributed by atoms with Crippen molar-refractivity contribution in [2.75, 3.05) is 19.6 Å². The minimum atomic E-state index is -0.0852. The van der Waals surface area contributed by atoms with E-state index in [0.717, 1.165) is 51.3 Å². The molecule has 0 amide bonds. The maximum absolute atomic E-state index is 12.4. The molecule has 0 spiro atoms. The molecule has 3 rings (SSSR count). The van der Waals surface area contributed by atoms with E-state index in [0.29, 0.717) is 5.92 Å². The van der Waals surface area contributed by atoms with Crippen molar-refractivity contribution in [2.24, 2.45) is 5.92 Å². The van der Waals surface area contributed by atoms with Crippen LogP contribution in [0.5, 0.6) is 0 Å².